The van der Waals surface area contributed by atoms with E-state index in [4.69, 9.17) is 11.6 Å². The zero-order valence-electron chi connectivity index (χ0n) is 16.1. The zero-order valence-corrected chi connectivity index (χ0v) is 17.6. The fourth-order valence-electron chi connectivity index (χ4n) is 2.51. The predicted molar refractivity (Wildman–Crippen MR) is 120 cm³/mol. The number of amides is 4. The van der Waals surface area contributed by atoms with Crippen molar-refractivity contribution in [3.05, 3.63) is 64.1 Å². The maximum atomic E-state index is 12.6. The molecule has 4 N–H and O–H groups in total. The van der Waals surface area contributed by atoms with Gasteiger partial charge in [0.2, 0.25) is 5.91 Å². The first-order valence-electron chi connectivity index (χ1n) is 8.80. The number of rotatable bonds is 5. The van der Waals surface area contributed by atoms with Gasteiger partial charge >= 0.3 is 6.03 Å². The summed E-state index contributed by atoms with van der Waals surface area (Å²) >= 11 is 6.96. The Morgan fingerprint density at radius 1 is 0.900 bits per heavy atom. The lowest BCUT2D eigenvalue weighted by Gasteiger charge is -2.06. The highest BCUT2D eigenvalue weighted by molar-refractivity contribution is 7.17. The average molecular weight is 444 g/mol. The maximum Gasteiger partial charge on any atom is 0.325 e. The molecule has 8 nitrogen and oxygen atoms in total. The minimum Gasteiger partial charge on any atom is -0.326 e. The quantitative estimate of drug-likeness (QED) is 0.446. The molecule has 0 aliphatic rings. The van der Waals surface area contributed by atoms with Crippen molar-refractivity contribution in [2.45, 2.75) is 13.8 Å². The number of hydrogen-bond acceptors (Lipinski definition) is 5. The van der Waals surface area contributed by atoms with Gasteiger partial charge in [0, 0.05) is 29.0 Å². The van der Waals surface area contributed by atoms with Crippen LogP contribution in [0.3, 0.4) is 0 Å². The molecule has 154 valence electrons. The molecule has 30 heavy (non-hydrogen) atoms. The van der Waals surface area contributed by atoms with Crippen LogP contribution in [0.15, 0.2) is 48.5 Å². The number of hydrogen-bond donors (Lipinski definition) is 4. The molecule has 0 saturated heterocycles. The summed E-state index contributed by atoms with van der Waals surface area (Å²) in [6.45, 7) is 3.11. The summed E-state index contributed by atoms with van der Waals surface area (Å²) < 4.78 is 0. The minimum atomic E-state index is -0.494. The second-order valence-electron chi connectivity index (χ2n) is 6.24. The van der Waals surface area contributed by atoms with E-state index in [1.807, 2.05) is 0 Å². The zero-order chi connectivity index (χ0) is 21.7. The molecule has 1 aromatic heterocycles. The average Bonchev–Trinajstić information content (AvgIpc) is 3.03. The van der Waals surface area contributed by atoms with E-state index in [0.29, 0.717) is 32.7 Å². The van der Waals surface area contributed by atoms with E-state index in [1.54, 1.807) is 55.5 Å². The highest BCUT2D eigenvalue weighted by Gasteiger charge is 2.17. The molecule has 0 fully saturated rings. The molecular weight excluding hydrogens is 426 g/mol. The Kier molecular flexibility index (Phi) is 6.65. The minimum absolute atomic E-state index is 0.175. The topological polar surface area (TPSA) is 112 Å². The van der Waals surface area contributed by atoms with Crippen molar-refractivity contribution in [1.29, 1.82) is 0 Å². The first-order chi connectivity index (χ1) is 14.3. The van der Waals surface area contributed by atoms with Crippen LogP contribution in [0.2, 0.25) is 5.02 Å². The van der Waals surface area contributed by atoms with Crippen molar-refractivity contribution in [1.82, 2.24) is 4.98 Å². The SMILES string of the molecule is CC(=O)Nc1ccc(NC(=O)c2sc(NC(=O)Nc3cccc(Cl)c3)nc2C)cc1. The second-order valence-corrected chi connectivity index (χ2v) is 7.67. The van der Waals surface area contributed by atoms with Crippen LogP contribution < -0.4 is 21.3 Å². The summed E-state index contributed by atoms with van der Waals surface area (Å²) in [6.07, 6.45) is 0. The summed E-state index contributed by atoms with van der Waals surface area (Å²) in [5.41, 5.74) is 2.22. The van der Waals surface area contributed by atoms with Gasteiger partial charge in [0.25, 0.3) is 5.91 Å². The van der Waals surface area contributed by atoms with E-state index in [2.05, 4.69) is 26.3 Å². The number of anilines is 4. The molecule has 3 aromatic rings. The van der Waals surface area contributed by atoms with Crippen LogP contribution in [0.4, 0.5) is 27.0 Å². The first-order valence-corrected chi connectivity index (χ1v) is 9.99. The van der Waals surface area contributed by atoms with Crippen molar-refractivity contribution in [3.63, 3.8) is 0 Å². The van der Waals surface area contributed by atoms with Crippen LogP contribution in [0.5, 0.6) is 0 Å². The van der Waals surface area contributed by atoms with E-state index in [1.165, 1.54) is 6.92 Å². The monoisotopic (exact) mass is 443 g/mol. The Hall–Kier alpha value is -3.43. The number of aromatic nitrogens is 1. The van der Waals surface area contributed by atoms with Gasteiger partial charge in [-0.25, -0.2) is 9.78 Å². The third-order valence-electron chi connectivity index (χ3n) is 3.77. The number of thiazole rings is 1. The van der Waals surface area contributed by atoms with E-state index in [9.17, 15) is 14.4 Å². The third-order valence-corrected chi connectivity index (χ3v) is 5.08. The molecule has 3 rings (SSSR count). The van der Waals surface area contributed by atoms with Gasteiger partial charge in [-0.3, -0.25) is 14.9 Å². The van der Waals surface area contributed by atoms with Crippen molar-refractivity contribution in [2.24, 2.45) is 0 Å². The summed E-state index contributed by atoms with van der Waals surface area (Å²) in [6, 6.07) is 13.0. The highest BCUT2D eigenvalue weighted by atomic mass is 35.5. The number of nitrogens with one attached hydrogen (secondary N) is 4. The van der Waals surface area contributed by atoms with Gasteiger partial charge in [-0.15, -0.1) is 0 Å². The number of benzene rings is 2. The molecule has 4 amide bonds. The molecule has 0 radical (unpaired) electrons. The van der Waals surface area contributed by atoms with Gasteiger partial charge in [0.1, 0.15) is 4.88 Å². The van der Waals surface area contributed by atoms with Crippen LogP contribution >= 0.6 is 22.9 Å². The molecule has 0 bridgehead atoms. The van der Waals surface area contributed by atoms with E-state index >= 15 is 0 Å². The molecule has 0 aliphatic heterocycles. The standard InChI is InChI=1S/C20H18ClN5O3S/c1-11-17(18(28)24-15-8-6-14(7-9-15)23-12(2)27)30-20(22-11)26-19(29)25-16-5-3-4-13(21)10-16/h3-10H,1-2H3,(H,23,27)(H,24,28)(H2,22,25,26,29). The summed E-state index contributed by atoms with van der Waals surface area (Å²) in [5.74, 6) is -0.521. The van der Waals surface area contributed by atoms with Gasteiger partial charge in [0.15, 0.2) is 5.13 Å². The smallest absolute Gasteiger partial charge is 0.325 e. The summed E-state index contributed by atoms with van der Waals surface area (Å²) in [4.78, 5) is 40.4. The van der Waals surface area contributed by atoms with Crippen molar-refractivity contribution >= 4 is 63.0 Å². The lowest BCUT2D eigenvalue weighted by molar-refractivity contribution is -0.114. The molecule has 0 spiro atoms. The number of aryl methyl sites for hydroxylation is 1. The molecule has 0 unspecified atom stereocenters. The van der Waals surface area contributed by atoms with E-state index in [0.717, 1.165) is 11.3 Å². The van der Waals surface area contributed by atoms with Crippen molar-refractivity contribution in [2.75, 3.05) is 21.3 Å². The fraction of sp³-hybridized carbons (Fsp3) is 0.100. The van der Waals surface area contributed by atoms with Gasteiger partial charge in [-0.1, -0.05) is 29.0 Å². The normalized spacial score (nSPS) is 10.2. The van der Waals surface area contributed by atoms with Gasteiger partial charge < -0.3 is 16.0 Å². The Morgan fingerprint density at radius 2 is 1.57 bits per heavy atom. The van der Waals surface area contributed by atoms with Crippen molar-refractivity contribution < 1.29 is 14.4 Å². The summed E-state index contributed by atoms with van der Waals surface area (Å²) in [7, 11) is 0. The molecule has 0 aliphatic carbocycles. The highest BCUT2D eigenvalue weighted by Crippen LogP contribution is 2.24. The third kappa shape index (κ3) is 5.79. The molecular formula is C20H18ClN5O3S. The Balaban J connectivity index is 1.62. The Labute approximate surface area is 181 Å². The van der Waals surface area contributed by atoms with Gasteiger partial charge in [-0.2, -0.15) is 0 Å². The number of nitrogens with zero attached hydrogens (tertiary/aromatic N) is 1. The van der Waals surface area contributed by atoms with E-state index < -0.39 is 6.03 Å². The fourth-order valence-corrected chi connectivity index (χ4v) is 3.56. The molecule has 0 saturated carbocycles. The Morgan fingerprint density at radius 3 is 2.20 bits per heavy atom. The lowest BCUT2D eigenvalue weighted by atomic mass is 10.2. The molecule has 10 heteroatoms. The summed E-state index contributed by atoms with van der Waals surface area (Å²) in [5, 5.41) is 11.5. The lowest BCUT2D eigenvalue weighted by Crippen LogP contribution is -2.19. The molecule has 0 atom stereocenters. The van der Waals surface area contributed by atoms with Gasteiger partial charge in [-0.05, 0) is 49.4 Å². The number of carbonyl (C=O) groups excluding carboxylic acids is 3. The molecule has 2 aromatic carbocycles. The number of carbonyl (C=O) groups is 3. The van der Waals surface area contributed by atoms with E-state index in [-0.39, 0.29) is 16.9 Å². The van der Waals surface area contributed by atoms with Crippen LogP contribution in [-0.2, 0) is 4.79 Å². The second kappa shape index (κ2) is 9.38. The first kappa shape index (κ1) is 21.3. The van der Waals surface area contributed by atoms with Crippen molar-refractivity contribution in [3.8, 4) is 0 Å². The number of urea groups is 1. The predicted octanol–water partition coefficient (Wildman–Crippen LogP) is 4.96. The Bertz CT molecular complexity index is 1100. The maximum absolute atomic E-state index is 12.6. The van der Waals surface area contributed by atoms with Crippen LogP contribution in [0.25, 0.3) is 0 Å². The van der Waals surface area contributed by atoms with Crippen LogP contribution in [0, 0.1) is 6.92 Å². The van der Waals surface area contributed by atoms with Crippen LogP contribution in [0.1, 0.15) is 22.3 Å². The van der Waals surface area contributed by atoms with Gasteiger partial charge in [0.05, 0.1) is 5.69 Å². The number of halogens is 1. The largest absolute Gasteiger partial charge is 0.326 e. The molecule has 1 heterocycles. The van der Waals surface area contributed by atoms with Crippen LogP contribution in [-0.4, -0.2) is 22.8 Å².